The largest absolute Gasteiger partial charge is 0.372 e. The van der Waals surface area contributed by atoms with E-state index in [1.165, 1.54) is 19.3 Å². The van der Waals surface area contributed by atoms with Crippen molar-refractivity contribution in [1.82, 2.24) is 0 Å². The Balaban J connectivity index is 1.85. The lowest BCUT2D eigenvalue weighted by atomic mass is 10.2. The normalized spacial score (nSPS) is 20.6. The smallest absolute Gasteiger partial charge is 0.0918 e. The molecule has 0 N–H and O–H groups in total. The minimum Gasteiger partial charge on any atom is -0.372 e. The van der Waals surface area contributed by atoms with Crippen molar-refractivity contribution in [2.24, 2.45) is 0 Å². The first-order valence-corrected chi connectivity index (χ1v) is 4.51. The summed E-state index contributed by atoms with van der Waals surface area (Å²) >= 11 is 0. The van der Waals surface area contributed by atoms with Crippen molar-refractivity contribution in [2.75, 3.05) is 6.61 Å². The first-order valence-electron chi connectivity index (χ1n) is 4.51. The minimum absolute atomic E-state index is 0.480. The van der Waals surface area contributed by atoms with Crippen LogP contribution in [0.2, 0.25) is 0 Å². The molecule has 0 aliphatic carbocycles. The van der Waals surface area contributed by atoms with E-state index in [9.17, 15) is 0 Å². The quantitative estimate of drug-likeness (QED) is 0.342. The van der Waals surface area contributed by atoms with Gasteiger partial charge in [-0.05, 0) is 6.42 Å². The highest BCUT2D eigenvalue weighted by Crippen LogP contribution is 2.11. The van der Waals surface area contributed by atoms with Crippen molar-refractivity contribution in [1.29, 1.82) is 0 Å². The predicted molar refractivity (Wildman–Crippen MR) is 46.3 cm³/mol. The lowest BCUT2D eigenvalue weighted by Gasteiger charge is -1.87. The Kier molecular flexibility index (Phi) is 4.08. The Morgan fingerprint density at radius 3 is 2.82 bits per heavy atom. The third-order valence-electron chi connectivity index (χ3n) is 1.76. The summed E-state index contributed by atoms with van der Waals surface area (Å²) in [6, 6.07) is 0. The van der Waals surface area contributed by atoms with E-state index in [1.807, 2.05) is 0 Å². The van der Waals surface area contributed by atoms with Crippen molar-refractivity contribution < 1.29 is 4.74 Å². The number of ether oxygens (including phenoxy) is 1. The van der Waals surface area contributed by atoms with Crippen LogP contribution in [-0.2, 0) is 4.74 Å². The van der Waals surface area contributed by atoms with Gasteiger partial charge >= 0.3 is 0 Å². The molecule has 1 heterocycles. The lowest BCUT2D eigenvalue weighted by molar-refractivity contribution is 0.412. The number of rotatable bonds is 4. The Morgan fingerprint density at radius 1 is 1.36 bits per heavy atom. The van der Waals surface area contributed by atoms with Gasteiger partial charge in [0.05, 0.1) is 12.7 Å². The summed E-state index contributed by atoms with van der Waals surface area (Å²) < 4.78 is 5.03. The van der Waals surface area contributed by atoms with Crippen LogP contribution in [0, 0.1) is 11.8 Å². The van der Waals surface area contributed by atoms with E-state index in [-0.39, 0.29) is 0 Å². The van der Waals surface area contributed by atoms with Gasteiger partial charge in [-0.1, -0.05) is 19.8 Å². The van der Waals surface area contributed by atoms with Crippen molar-refractivity contribution in [2.45, 2.75) is 45.1 Å². The molecule has 1 atom stereocenters. The van der Waals surface area contributed by atoms with Crippen molar-refractivity contribution in [3.05, 3.63) is 0 Å². The molecule has 0 bridgehead atoms. The van der Waals surface area contributed by atoms with E-state index in [4.69, 9.17) is 4.74 Å². The van der Waals surface area contributed by atoms with E-state index >= 15 is 0 Å². The van der Waals surface area contributed by atoms with Crippen molar-refractivity contribution >= 4 is 0 Å². The zero-order chi connectivity index (χ0) is 7.94. The molecule has 62 valence electrons. The van der Waals surface area contributed by atoms with Gasteiger partial charge in [0.1, 0.15) is 0 Å². The van der Waals surface area contributed by atoms with Crippen LogP contribution < -0.4 is 0 Å². The second kappa shape index (κ2) is 5.21. The van der Waals surface area contributed by atoms with Gasteiger partial charge in [0.25, 0.3) is 0 Å². The Hall–Kier alpha value is -0.480. The zero-order valence-corrected chi connectivity index (χ0v) is 7.23. The van der Waals surface area contributed by atoms with Gasteiger partial charge in [0.15, 0.2) is 0 Å². The average molecular weight is 152 g/mol. The van der Waals surface area contributed by atoms with Gasteiger partial charge in [0.2, 0.25) is 0 Å². The predicted octanol–water partition coefficient (Wildman–Crippen LogP) is 2.36. The Bertz CT molecular complexity index is 148. The molecule has 0 amide bonds. The van der Waals surface area contributed by atoms with E-state index in [1.54, 1.807) is 0 Å². The average Bonchev–Trinajstić information content (AvgIpc) is 2.80. The molecular weight excluding hydrogens is 136 g/mol. The number of hydrogen-bond acceptors (Lipinski definition) is 1. The topological polar surface area (TPSA) is 12.5 Å². The van der Waals surface area contributed by atoms with Crippen LogP contribution in [0.25, 0.3) is 0 Å². The molecule has 0 radical (unpaired) electrons. The zero-order valence-electron chi connectivity index (χ0n) is 7.23. The van der Waals surface area contributed by atoms with Crippen LogP contribution in [0.4, 0.5) is 0 Å². The van der Waals surface area contributed by atoms with Crippen LogP contribution >= 0.6 is 0 Å². The summed E-state index contributed by atoms with van der Waals surface area (Å²) in [5, 5.41) is 0. The van der Waals surface area contributed by atoms with Crippen LogP contribution in [0.15, 0.2) is 0 Å². The molecular formula is C10H16O. The minimum atomic E-state index is 0.480. The maximum absolute atomic E-state index is 5.03. The highest BCUT2D eigenvalue weighted by Gasteiger charge is 2.20. The van der Waals surface area contributed by atoms with Crippen LogP contribution in [0.5, 0.6) is 0 Å². The Morgan fingerprint density at radius 2 is 2.18 bits per heavy atom. The van der Waals surface area contributed by atoms with Gasteiger partial charge in [-0.25, -0.2) is 0 Å². The third-order valence-corrected chi connectivity index (χ3v) is 1.76. The van der Waals surface area contributed by atoms with E-state index in [0.29, 0.717) is 6.10 Å². The molecule has 1 heteroatoms. The molecule has 1 rings (SSSR count). The highest BCUT2D eigenvalue weighted by atomic mass is 16.6. The Labute approximate surface area is 69.1 Å². The maximum Gasteiger partial charge on any atom is 0.0918 e. The lowest BCUT2D eigenvalue weighted by Crippen LogP contribution is -1.79. The molecule has 0 spiro atoms. The van der Waals surface area contributed by atoms with Gasteiger partial charge in [-0.3, -0.25) is 0 Å². The van der Waals surface area contributed by atoms with Crippen LogP contribution in [0.3, 0.4) is 0 Å². The molecule has 1 unspecified atom stereocenters. The number of unbranched alkanes of at least 4 members (excludes halogenated alkanes) is 3. The summed E-state index contributed by atoms with van der Waals surface area (Å²) in [5.74, 6) is 6.29. The fourth-order valence-corrected chi connectivity index (χ4v) is 0.924. The van der Waals surface area contributed by atoms with Crippen LogP contribution in [0.1, 0.15) is 39.0 Å². The molecule has 0 aromatic heterocycles. The first kappa shape index (κ1) is 8.62. The van der Waals surface area contributed by atoms with Gasteiger partial charge < -0.3 is 4.74 Å². The molecule has 1 fully saturated rings. The fourth-order valence-electron chi connectivity index (χ4n) is 0.924. The van der Waals surface area contributed by atoms with Gasteiger partial charge in [-0.2, -0.15) is 0 Å². The highest BCUT2D eigenvalue weighted by molar-refractivity contribution is 5.01. The van der Waals surface area contributed by atoms with Gasteiger partial charge in [-0.15, -0.1) is 11.8 Å². The molecule has 1 nitrogen and oxygen atoms in total. The third kappa shape index (κ3) is 4.86. The first-order chi connectivity index (χ1) is 5.43. The molecule has 0 aromatic carbocycles. The molecule has 1 aliphatic rings. The molecule has 1 aliphatic heterocycles. The molecule has 0 saturated carbocycles. The van der Waals surface area contributed by atoms with Gasteiger partial charge in [0, 0.05) is 12.8 Å². The molecule has 0 aromatic rings. The number of hydrogen-bond donors (Lipinski definition) is 0. The standard InChI is InChI=1S/C10H16O/c1-2-3-4-5-6-7-8-10-9-11-10/h10H,2-5,8-9H2,1H3. The van der Waals surface area contributed by atoms with E-state index < -0.39 is 0 Å². The number of epoxide rings is 1. The summed E-state index contributed by atoms with van der Waals surface area (Å²) in [5.41, 5.74) is 0. The van der Waals surface area contributed by atoms with Crippen LogP contribution in [-0.4, -0.2) is 12.7 Å². The van der Waals surface area contributed by atoms with E-state index in [0.717, 1.165) is 19.4 Å². The SMILES string of the molecule is CCCCCC#CCC1CO1. The monoisotopic (exact) mass is 152 g/mol. The second-order valence-electron chi connectivity index (χ2n) is 2.97. The molecule has 11 heavy (non-hydrogen) atoms. The summed E-state index contributed by atoms with van der Waals surface area (Å²) in [6.07, 6.45) is 6.36. The summed E-state index contributed by atoms with van der Waals surface area (Å²) in [6.45, 7) is 3.15. The van der Waals surface area contributed by atoms with Crippen molar-refractivity contribution in [3.8, 4) is 11.8 Å². The fraction of sp³-hybridized carbons (Fsp3) is 0.800. The van der Waals surface area contributed by atoms with E-state index in [2.05, 4.69) is 18.8 Å². The summed E-state index contributed by atoms with van der Waals surface area (Å²) in [4.78, 5) is 0. The summed E-state index contributed by atoms with van der Waals surface area (Å²) in [7, 11) is 0. The van der Waals surface area contributed by atoms with Crippen molar-refractivity contribution in [3.63, 3.8) is 0 Å². The molecule has 1 saturated heterocycles. The second-order valence-corrected chi connectivity index (χ2v) is 2.97. The maximum atomic E-state index is 5.03.